The van der Waals surface area contributed by atoms with E-state index < -0.39 is 0 Å². The van der Waals surface area contributed by atoms with E-state index in [1.807, 2.05) is 31.2 Å². The lowest BCUT2D eigenvalue weighted by atomic mass is 9.66. The zero-order valence-corrected chi connectivity index (χ0v) is 15.1. The first-order valence-corrected chi connectivity index (χ1v) is 9.40. The van der Waals surface area contributed by atoms with Crippen LogP contribution in [0.1, 0.15) is 19.8 Å². The van der Waals surface area contributed by atoms with Crippen molar-refractivity contribution in [2.75, 3.05) is 6.54 Å². The molecule has 2 aliphatic carbocycles. The van der Waals surface area contributed by atoms with Crippen molar-refractivity contribution in [2.45, 2.75) is 25.9 Å². The molecule has 1 amide bonds. The van der Waals surface area contributed by atoms with Crippen molar-refractivity contribution in [3.05, 3.63) is 60.8 Å². The molecule has 3 aliphatic rings. The number of ketones is 1. The number of aliphatic hydroxyl groups excluding tert-OH is 1. The molecule has 0 radical (unpaired) electrons. The van der Waals surface area contributed by atoms with Gasteiger partial charge in [-0.15, -0.1) is 0 Å². The van der Waals surface area contributed by atoms with Gasteiger partial charge in [0.1, 0.15) is 0 Å². The van der Waals surface area contributed by atoms with Crippen LogP contribution >= 0.6 is 0 Å². The number of nitrogens with one attached hydrogen (secondary N) is 1. The summed E-state index contributed by atoms with van der Waals surface area (Å²) in [5.74, 6) is 0.269. The van der Waals surface area contributed by atoms with Crippen LogP contribution in [-0.2, 0) is 9.59 Å². The van der Waals surface area contributed by atoms with E-state index in [4.69, 9.17) is 0 Å². The minimum absolute atomic E-state index is 0.0761. The average molecular weight is 353 g/mol. The zero-order valence-electron chi connectivity index (χ0n) is 15.1. The predicted molar refractivity (Wildman–Crippen MR) is 102 cm³/mol. The molecule has 1 heterocycles. The van der Waals surface area contributed by atoms with Gasteiger partial charge in [-0.3, -0.25) is 9.59 Å². The third-order valence-electron chi connectivity index (χ3n) is 5.41. The molecule has 0 aromatic carbocycles. The van der Waals surface area contributed by atoms with Gasteiger partial charge in [-0.05, 0) is 30.3 Å². The van der Waals surface area contributed by atoms with Crippen LogP contribution in [0.25, 0.3) is 0 Å². The maximum absolute atomic E-state index is 12.2. The first-order chi connectivity index (χ1) is 12.5. The second kappa shape index (κ2) is 8.45. The lowest BCUT2D eigenvalue weighted by Crippen LogP contribution is -2.37. The number of hydrogen-bond donors (Lipinski definition) is 2. The van der Waals surface area contributed by atoms with Crippen LogP contribution in [0.2, 0.25) is 0 Å². The van der Waals surface area contributed by atoms with Crippen LogP contribution in [0.3, 0.4) is 0 Å². The molecule has 4 nitrogen and oxygen atoms in total. The normalized spacial score (nSPS) is 41.3. The Kier molecular flexibility index (Phi) is 6.04. The summed E-state index contributed by atoms with van der Waals surface area (Å²) in [5.41, 5.74) is 0. The summed E-state index contributed by atoms with van der Waals surface area (Å²) < 4.78 is 0. The van der Waals surface area contributed by atoms with Crippen molar-refractivity contribution < 1.29 is 14.7 Å². The fourth-order valence-electron chi connectivity index (χ4n) is 3.94. The van der Waals surface area contributed by atoms with Crippen molar-refractivity contribution in [1.29, 1.82) is 0 Å². The van der Waals surface area contributed by atoms with Crippen molar-refractivity contribution in [3.63, 3.8) is 0 Å². The minimum Gasteiger partial charge on any atom is -0.392 e. The number of amides is 1. The number of allylic oxidation sites excluding steroid dienone is 7. The minimum atomic E-state index is -0.380. The van der Waals surface area contributed by atoms with Crippen LogP contribution in [0.5, 0.6) is 0 Å². The van der Waals surface area contributed by atoms with Gasteiger partial charge in [-0.1, -0.05) is 61.6 Å². The molecule has 0 aromatic rings. The molecule has 0 saturated carbocycles. The molecule has 0 bridgehead atoms. The van der Waals surface area contributed by atoms with Gasteiger partial charge in [-0.25, -0.2) is 0 Å². The summed E-state index contributed by atoms with van der Waals surface area (Å²) in [6.45, 7) is 2.55. The quantitative estimate of drug-likeness (QED) is 0.520. The van der Waals surface area contributed by atoms with Gasteiger partial charge < -0.3 is 10.4 Å². The molecule has 3 rings (SSSR count). The van der Waals surface area contributed by atoms with E-state index in [2.05, 4.69) is 35.7 Å². The van der Waals surface area contributed by atoms with Gasteiger partial charge in [0.2, 0.25) is 5.91 Å². The highest BCUT2D eigenvalue weighted by Crippen LogP contribution is 2.41. The van der Waals surface area contributed by atoms with Crippen LogP contribution in [0, 0.1) is 29.6 Å². The number of carbonyl (C=O) groups excluding carboxylic acids is 2. The van der Waals surface area contributed by atoms with E-state index in [1.165, 1.54) is 0 Å². The highest BCUT2D eigenvalue weighted by atomic mass is 16.3. The van der Waals surface area contributed by atoms with Gasteiger partial charge in [-0.2, -0.15) is 0 Å². The predicted octanol–water partition coefficient (Wildman–Crippen LogP) is 2.74. The summed E-state index contributed by atoms with van der Waals surface area (Å²) in [4.78, 5) is 24.1. The first kappa shape index (κ1) is 18.6. The fourth-order valence-corrected chi connectivity index (χ4v) is 3.94. The lowest BCUT2D eigenvalue weighted by molar-refractivity contribution is -0.126. The summed E-state index contributed by atoms with van der Waals surface area (Å²) in [5, 5.41) is 13.1. The van der Waals surface area contributed by atoms with Gasteiger partial charge in [0.05, 0.1) is 12.5 Å². The van der Waals surface area contributed by atoms with Crippen LogP contribution in [-0.4, -0.2) is 29.4 Å². The SMILES string of the molecule is C[C@H]1/C=C/C=C/[C@@H]2C=C[C@H]3[C@H](C=CC[C@@H]3O)[C@H]2/C=C/C(=O)CC(=O)NC1. The Hall–Kier alpha value is -2.20. The van der Waals surface area contributed by atoms with E-state index in [1.54, 1.807) is 6.08 Å². The summed E-state index contributed by atoms with van der Waals surface area (Å²) >= 11 is 0. The monoisotopic (exact) mass is 353 g/mol. The Morgan fingerprint density at radius 2 is 1.77 bits per heavy atom. The molecule has 0 saturated heterocycles. The molecule has 2 N–H and O–H groups in total. The third-order valence-corrected chi connectivity index (χ3v) is 5.41. The Bertz CT molecular complexity index is 686. The number of rotatable bonds is 0. The maximum Gasteiger partial charge on any atom is 0.227 e. The van der Waals surface area contributed by atoms with Crippen LogP contribution in [0.4, 0.5) is 0 Å². The zero-order chi connectivity index (χ0) is 18.5. The molecule has 0 spiro atoms. The Labute approximate surface area is 155 Å². The van der Waals surface area contributed by atoms with E-state index in [0.717, 1.165) is 0 Å². The standard InChI is InChI=1S/C22H27NO3/c1-15-5-2-3-6-16-9-11-20-19(7-4-8-21(20)25)18(16)12-10-17(24)13-22(26)23-14-15/h2-7,9-12,15-16,18-21,25H,8,13-14H2,1H3,(H,23,26)/b5-2+,6-3+,12-10+/t15-,16+,18-,19+,20-,21-/m0/s1. The van der Waals surface area contributed by atoms with E-state index in [0.29, 0.717) is 13.0 Å². The molecule has 26 heavy (non-hydrogen) atoms. The molecule has 1 aliphatic heterocycles. The average Bonchev–Trinajstić information content (AvgIpc) is 2.62. The van der Waals surface area contributed by atoms with Gasteiger partial charge in [0.15, 0.2) is 5.78 Å². The number of fused-ring (bicyclic) bond motifs is 3. The number of aliphatic hydroxyl groups is 1. The van der Waals surface area contributed by atoms with Crippen LogP contribution < -0.4 is 5.32 Å². The Morgan fingerprint density at radius 1 is 0.962 bits per heavy atom. The molecule has 138 valence electrons. The van der Waals surface area contributed by atoms with E-state index in [9.17, 15) is 14.7 Å². The molecular formula is C22H27NO3. The molecule has 6 atom stereocenters. The van der Waals surface area contributed by atoms with Crippen LogP contribution in [0.15, 0.2) is 60.8 Å². The Morgan fingerprint density at radius 3 is 2.62 bits per heavy atom. The first-order valence-electron chi connectivity index (χ1n) is 9.40. The second-order valence-corrected chi connectivity index (χ2v) is 7.48. The van der Waals surface area contributed by atoms with Crippen molar-refractivity contribution >= 4 is 11.7 Å². The molecular weight excluding hydrogens is 326 g/mol. The highest BCUT2D eigenvalue weighted by Gasteiger charge is 2.37. The molecule has 0 unspecified atom stereocenters. The Balaban J connectivity index is 1.90. The molecule has 0 fully saturated rings. The smallest absolute Gasteiger partial charge is 0.227 e. The van der Waals surface area contributed by atoms with E-state index in [-0.39, 0.29) is 53.8 Å². The third kappa shape index (κ3) is 4.50. The number of hydrogen-bond acceptors (Lipinski definition) is 3. The largest absolute Gasteiger partial charge is 0.392 e. The van der Waals surface area contributed by atoms with Gasteiger partial charge >= 0.3 is 0 Å². The van der Waals surface area contributed by atoms with Gasteiger partial charge in [0.25, 0.3) is 0 Å². The summed E-state index contributed by atoms with van der Waals surface area (Å²) in [6.07, 6.45) is 20.3. The van der Waals surface area contributed by atoms with Crippen molar-refractivity contribution in [1.82, 2.24) is 5.32 Å². The van der Waals surface area contributed by atoms with Crippen molar-refractivity contribution in [2.24, 2.45) is 29.6 Å². The summed E-state index contributed by atoms with van der Waals surface area (Å²) in [7, 11) is 0. The van der Waals surface area contributed by atoms with E-state index >= 15 is 0 Å². The fraction of sp³-hybridized carbons (Fsp3) is 0.455. The summed E-state index contributed by atoms with van der Waals surface area (Å²) in [6, 6.07) is 0. The highest BCUT2D eigenvalue weighted by molar-refractivity contribution is 6.03. The van der Waals surface area contributed by atoms with Crippen molar-refractivity contribution in [3.8, 4) is 0 Å². The van der Waals surface area contributed by atoms with Gasteiger partial charge in [0, 0.05) is 18.4 Å². The topological polar surface area (TPSA) is 66.4 Å². The lowest BCUT2D eigenvalue weighted by Gasteiger charge is -2.40. The maximum atomic E-state index is 12.2. The number of carbonyl (C=O) groups is 2. The molecule has 0 aromatic heterocycles. The second-order valence-electron chi connectivity index (χ2n) is 7.48. The molecule has 4 heteroatoms.